The van der Waals surface area contributed by atoms with Crippen molar-refractivity contribution < 1.29 is 4.79 Å². The molecule has 1 N–H and O–H groups in total. The Morgan fingerprint density at radius 1 is 1.19 bits per heavy atom. The minimum atomic E-state index is -0.103. The van der Waals surface area contributed by atoms with Crippen molar-refractivity contribution >= 4 is 11.9 Å². The maximum Gasteiger partial charge on any atom is 0.272 e. The SMILES string of the molecule is CN(Cc1ccccc1)C(=O)c1ccnc(NCCC2=CCCCC2)n1. The molecule has 1 heterocycles. The fraction of sp³-hybridized carbons (Fsp3) is 0.381. The van der Waals surface area contributed by atoms with Crippen LogP contribution in [0.3, 0.4) is 0 Å². The molecular formula is C21H26N4O. The Labute approximate surface area is 155 Å². The van der Waals surface area contributed by atoms with Crippen molar-refractivity contribution in [1.29, 1.82) is 0 Å². The van der Waals surface area contributed by atoms with Crippen molar-refractivity contribution in [2.24, 2.45) is 0 Å². The summed E-state index contributed by atoms with van der Waals surface area (Å²) in [6.45, 7) is 1.35. The molecular weight excluding hydrogens is 324 g/mol. The fourth-order valence-electron chi connectivity index (χ4n) is 3.15. The van der Waals surface area contributed by atoms with Crippen LogP contribution in [0.2, 0.25) is 0 Å². The normalized spacial score (nSPS) is 13.8. The highest BCUT2D eigenvalue weighted by molar-refractivity contribution is 5.92. The highest BCUT2D eigenvalue weighted by Gasteiger charge is 2.14. The van der Waals surface area contributed by atoms with Crippen LogP contribution in [0.15, 0.2) is 54.2 Å². The number of allylic oxidation sites excluding steroid dienone is 1. The number of amides is 1. The second kappa shape index (κ2) is 9.13. The largest absolute Gasteiger partial charge is 0.354 e. The van der Waals surface area contributed by atoms with Gasteiger partial charge in [0.05, 0.1) is 0 Å². The predicted molar refractivity (Wildman–Crippen MR) is 104 cm³/mol. The lowest BCUT2D eigenvalue weighted by molar-refractivity contribution is 0.0779. The van der Waals surface area contributed by atoms with Crippen LogP contribution in [-0.2, 0) is 6.54 Å². The quantitative estimate of drug-likeness (QED) is 0.765. The summed E-state index contributed by atoms with van der Waals surface area (Å²) in [5, 5.41) is 3.24. The van der Waals surface area contributed by atoms with Crippen LogP contribution in [0, 0.1) is 0 Å². The monoisotopic (exact) mass is 350 g/mol. The number of hydrogen-bond donors (Lipinski definition) is 1. The van der Waals surface area contributed by atoms with Crippen molar-refractivity contribution in [3.63, 3.8) is 0 Å². The summed E-state index contributed by atoms with van der Waals surface area (Å²) in [7, 11) is 1.79. The van der Waals surface area contributed by atoms with E-state index in [0.717, 1.165) is 18.5 Å². The first-order chi connectivity index (χ1) is 12.7. The second-order valence-electron chi connectivity index (χ2n) is 6.70. The number of hydrogen-bond acceptors (Lipinski definition) is 4. The van der Waals surface area contributed by atoms with Gasteiger partial charge in [0.15, 0.2) is 0 Å². The number of carbonyl (C=O) groups is 1. The first-order valence-electron chi connectivity index (χ1n) is 9.26. The van der Waals surface area contributed by atoms with Gasteiger partial charge in [0.25, 0.3) is 5.91 Å². The molecule has 0 bridgehead atoms. The standard InChI is InChI=1S/C21H26N4O/c1-25(16-18-10-6-3-7-11-18)20(26)19-13-15-23-21(24-19)22-14-12-17-8-4-2-5-9-17/h3,6-8,10-11,13,15H,2,4-5,9,12,14,16H2,1H3,(H,22,23,24). The van der Waals surface area contributed by atoms with Crippen molar-refractivity contribution in [2.45, 2.75) is 38.6 Å². The molecule has 0 saturated heterocycles. The van der Waals surface area contributed by atoms with Gasteiger partial charge in [0.1, 0.15) is 5.69 Å². The van der Waals surface area contributed by atoms with E-state index in [1.807, 2.05) is 30.3 Å². The van der Waals surface area contributed by atoms with E-state index in [0.29, 0.717) is 18.2 Å². The maximum absolute atomic E-state index is 12.6. The zero-order valence-electron chi connectivity index (χ0n) is 15.3. The molecule has 3 rings (SSSR count). The molecule has 0 unspecified atom stereocenters. The van der Waals surface area contributed by atoms with Gasteiger partial charge in [-0.15, -0.1) is 0 Å². The molecule has 0 radical (unpaired) electrons. The minimum absolute atomic E-state index is 0.103. The molecule has 1 aromatic heterocycles. The molecule has 5 nitrogen and oxygen atoms in total. The van der Waals surface area contributed by atoms with Crippen LogP contribution in [0.5, 0.6) is 0 Å². The third-order valence-corrected chi connectivity index (χ3v) is 4.60. The topological polar surface area (TPSA) is 58.1 Å². The summed E-state index contributed by atoms with van der Waals surface area (Å²) in [6.07, 6.45) is 9.99. The van der Waals surface area contributed by atoms with E-state index >= 15 is 0 Å². The van der Waals surface area contributed by atoms with Crippen LogP contribution >= 0.6 is 0 Å². The lowest BCUT2D eigenvalue weighted by Gasteiger charge is -2.17. The number of benzene rings is 1. The first kappa shape index (κ1) is 18.1. The second-order valence-corrected chi connectivity index (χ2v) is 6.70. The summed E-state index contributed by atoms with van der Waals surface area (Å²) in [6, 6.07) is 11.6. The fourth-order valence-corrected chi connectivity index (χ4v) is 3.15. The molecule has 0 fully saturated rings. The third kappa shape index (κ3) is 5.15. The average Bonchev–Trinajstić information content (AvgIpc) is 2.69. The number of rotatable bonds is 7. The van der Waals surface area contributed by atoms with Crippen molar-refractivity contribution in [3.8, 4) is 0 Å². The average molecular weight is 350 g/mol. The molecule has 2 aromatic rings. The van der Waals surface area contributed by atoms with Crippen LogP contribution in [0.4, 0.5) is 5.95 Å². The number of carbonyl (C=O) groups excluding carboxylic acids is 1. The molecule has 1 aromatic carbocycles. The Balaban J connectivity index is 1.55. The highest BCUT2D eigenvalue weighted by atomic mass is 16.2. The Bertz CT molecular complexity index is 758. The van der Waals surface area contributed by atoms with Gasteiger partial charge < -0.3 is 10.2 Å². The minimum Gasteiger partial charge on any atom is -0.354 e. The van der Waals surface area contributed by atoms with E-state index in [1.54, 1.807) is 24.2 Å². The molecule has 136 valence electrons. The van der Waals surface area contributed by atoms with Gasteiger partial charge in [-0.05, 0) is 43.7 Å². The zero-order valence-corrected chi connectivity index (χ0v) is 15.3. The van der Waals surface area contributed by atoms with E-state index < -0.39 is 0 Å². The van der Waals surface area contributed by atoms with E-state index in [2.05, 4.69) is 21.4 Å². The number of nitrogens with one attached hydrogen (secondary N) is 1. The van der Waals surface area contributed by atoms with Gasteiger partial charge in [-0.2, -0.15) is 0 Å². The zero-order chi connectivity index (χ0) is 18.2. The summed E-state index contributed by atoms with van der Waals surface area (Å²) in [4.78, 5) is 22.9. The smallest absolute Gasteiger partial charge is 0.272 e. The molecule has 0 aliphatic heterocycles. The summed E-state index contributed by atoms with van der Waals surface area (Å²) >= 11 is 0. The van der Waals surface area contributed by atoms with Crippen molar-refractivity contribution in [3.05, 3.63) is 65.5 Å². The van der Waals surface area contributed by atoms with Gasteiger partial charge in [-0.25, -0.2) is 9.97 Å². The number of anilines is 1. The Morgan fingerprint density at radius 3 is 2.81 bits per heavy atom. The van der Waals surface area contributed by atoms with Gasteiger partial charge in [-0.3, -0.25) is 4.79 Å². The Morgan fingerprint density at radius 2 is 2.04 bits per heavy atom. The number of aromatic nitrogens is 2. The highest BCUT2D eigenvalue weighted by Crippen LogP contribution is 2.19. The van der Waals surface area contributed by atoms with Crippen molar-refractivity contribution in [2.75, 3.05) is 18.9 Å². The molecule has 1 aliphatic carbocycles. The molecule has 1 amide bonds. The molecule has 0 spiro atoms. The van der Waals surface area contributed by atoms with E-state index in [1.165, 1.54) is 31.3 Å². The molecule has 0 atom stereocenters. The van der Waals surface area contributed by atoms with Gasteiger partial charge in [0, 0.05) is 26.3 Å². The van der Waals surface area contributed by atoms with Crippen LogP contribution in [0.25, 0.3) is 0 Å². The molecule has 1 aliphatic rings. The lowest BCUT2D eigenvalue weighted by Crippen LogP contribution is -2.27. The van der Waals surface area contributed by atoms with Crippen LogP contribution in [-0.4, -0.2) is 34.4 Å². The summed E-state index contributed by atoms with van der Waals surface area (Å²) < 4.78 is 0. The third-order valence-electron chi connectivity index (χ3n) is 4.60. The van der Waals surface area contributed by atoms with E-state index in [4.69, 9.17) is 0 Å². The van der Waals surface area contributed by atoms with Gasteiger partial charge in [-0.1, -0.05) is 42.0 Å². The van der Waals surface area contributed by atoms with Crippen LogP contribution in [0.1, 0.15) is 48.2 Å². The Kier molecular flexibility index (Phi) is 6.36. The van der Waals surface area contributed by atoms with E-state index in [9.17, 15) is 4.79 Å². The van der Waals surface area contributed by atoms with Crippen LogP contribution < -0.4 is 5.32 Å². The lowest BCUT2D eigenvalue weighted by atomic mass is 9.97. The first-order valence-corrected chi connectivity index (χ1v) is 9.26. The summed E-state index contributed by atoms with van der Waals surface area (Å²) in [5.41, 5.74) is 3.02. The Hall–Kier alpha value is -2.69. The predicted octanol–water partition coefficient (Wildman–Crippen LogP) is 4.05. The van der Waals surface area contributed by atoms with Gasteiger partial charge in [0.2, 0.25) is 5.95 Å². The number of nitrogens with zero attached hydrogens (tertiary/aromatic N) is 3. The molecule has 5 heteroatoms. The van der Waals surface area contributed by atoms with Gasteiger partial charge >= 0.3 is 0 Å². The molecule has 26 heavy (non-hydrogen) atoms. The van der Waals surface area contributed by atoms with E-state index in [-0.39, 0.29) is 5.91 Å². The summed E-state index contributed by atoms with van der Waals surface area (Å²) in [5.74, 6) is 0.412. The molecule has 0 saturated carbocycles. The van der Waals surface area contributed by atoms with Crippen molar-refractivity contribution in [1.82, 2.24) is 14.9 Å². The maximum atomic E-state index is 12.6.